The predicted octanol–water partition coefficient (Wildman–Crippen LogP) is 4.49. The van der Waals surface area contributed by atoms with Gasteiger partial charge in [-0.05, 0) is 54.3 Å². The maximum Gasteiger partial charge on any atom is 0.238 e. The number of amides is 1. The minimum atomic E-state index is -0.159. The second-order valence-electron chi connectivity index (χ2n) is 8.09. The van der Waals surface area contributed by atoms with Gasteiger partial charge in [-0.15, -0.1) is 0 Å². The molecule has 1 aliphatic heterocycles. The molecular formula is C27H28N2O4. The fourth-order valence-electron chi connectivity index (χ4n) is 4.47. The molecule has 1 heterocycles. The van der Waals surface area contributed by atoms with E-state index in [0.29, 0.717) is 29.3 Å². The molecular weight excluding hydrogens is 416 g/mol. The SMILES string of the molecule is COc1cc2c(cc1OC)C(c1ccccc1)N(CC(=O)Nc1ccccc1C(C)=O)CC2. The number of Topliss-reactive ketones (excluding diaryl/α,β-unsaturated/α-hetero) is 1. The molecule has 0 fully saturated rings. The van der Waals surface area contributed by atoms with Crippen molar-refractivity contribution >= 4 is 17.4 Å². The lowest BCUT2D eigenvalue weighted by Gasteiger charge is -2.37. The molecule has 1 atom stereocenters. The van der Waals surface area contributed by atoms with E-state index in [4.69, 9.17) is 9.47 Å². The Morgan fingerprint density at radius 1 is 0.970 bits per heavy atom. The van der Waals surface area contributed by atoms with Gasteiger partial charge >= 0.3 is 0 Å². The van der Waals surface area contributed by atoms with Gasteiger partial charge in [0.15, 0.2) is 17.3 Å². The van der Waals surface area contributed by atoms with Crippen LogP contribution in [0.3, 0.4) is 0 Å². The lowest BCUT2D eigenvalue weighted by molar-refractivity contribution is -0.117. The minimum Gasteiger partial charge on any atom is -0.493 e. The first-order chi connectivity index (χ1) is 16.0. The molecule has 1 aliphatic rings. The number of benzene rings is 3. The van der Waals surface area contributed by atoms with Gasteiger partial charge in [0, 0.05) is 12.1 Å². The third kappa shape index (κ3) is 4.76. The summed E-state index contributed by atoms with van der Waals surface area (Å²) in [5.74, 6) is 1.13. The number of fused-ring (bicyclic) bond motifs is 1. The molecule has 0 bridgehead atoms. The lowest BCUT2D eigenvalue weighted by Crippen LogP contribution is -2.41. The van der Waals surface area contributed by atoms with E-state index in [2.05, 4.69) is 22.3 Å². The van der Waals surface area contributed by atoms with Gasteiger partial charge < -0.3 is 14.8 Å². The zero-order valence-corrected chi connectivity index (χ0v) is 19.1. The van der Waals surface area contributed by atoms with Crippen LogP contribution in [0.5, 0.6) is 11.5 Å². The van der Waals surface area contributed by atoms with Crippen molar-refractivity contribution in [1.29, 1.82) is 0 Å². The summed E-state index contributed by atoms with van der Waals surface area (Å²) in [5, 5.41) is 2.93. The second kappa shape index (κ2) is 9.88. The topological polar surface area (TPSA) is 67.9 Å². The molecule has 0 saturated carbocycles. The monoisotopic (exact) mass is 444 g/mol. The molecule has 0 spiro atoms. The Morgan fingerprint density at radius 3 is 2.33 bits per heavy atom. The third-order valence-corrected chi connectivity index (χ3v) is 6.02. The number of nitrogens with one attached hydrogen (secondary N) is 1. The van der Waals surface area contributed by atoms with Gasteiger partial charge in [-0.3, -0.25) is 14.5 Å². The number of carbonyl (C=O) groups is 2. The number of methoxy groups -OCH3 is 2. The highest BCUT2D eigenvalue weighted by atomic mass is 16.5. The minimum absolute atomic E-state index is 0.0824. The van der Waals surface area contributed by atoms with Crippen molar-refractivity contribution in [3.8, 4) is 11.5 Å². The van der Waals surface area contributed by atoms with Gasteiger partial charge in [0.25, 0.3) is 0 Å². The molecule has 0 radical (unpaired) electrons. The maximum absolute atomic E-state index is 13.1. The molecule has 1 unspecified atom stereocenters. The maximum atomic E-state index is 13.1. The Morgan fingerprint density at radius 2 is 1.64 bits per heavy atom. The summed E-state index contributed by atoms with van der Waals surface area (Å²) in [4.78, 5) is 27.2. The van der Waals surface area contributed by atoms with Gasteiger partial charge in [-0.1, -0.05) is 42.5 Å². The summed E-state index contributed by atoms with van der Waals surface area (Å²) < 4.78 is 11.1. The van der Waals surface area contributed by atoms with Crippen molar-refractivity contribution in [2.45, 2.75) is 19.4 Å². The van der Waals surface area contributed by atoms with E-state index < -0.39 is 0 Å². The van der Waals surface area contributed by atoms with Gasteiger partial charge in [0.1, 0.15) is 0 Å². The van der Waals surface area contributed by atoms with Crippen LogP contribution in [0, 0.1) is 0 Å². The standard InChI is InChI=1S/C27H28N2O4/c1-18(30)21-11-7-8-12-23(21)28-26(31)17-29-14-13-20-15-24(32-2)25(33-3)16-22(20)27(29)19-9-5-4-6-10-19/h4-12,15-16,27H,13-14,17H2,1-3H3,(H,28,31). The van der Waals surface area contributed by atoms with E-state index in [1.165, 1.54) is 12.5 Å². The number of hydrogen-bond acceptors (Lipinski definition) is 5. The fourth-order valence-corrected chi connectivity index (χ4v) is 4.47. The normalized spacial score (nSPS) is 15.4. The van der Waals surface area contributed by atoms with Gasteiger partial charge in [-0.2, -0.15) is 0 Å². The summed E-state index contributed by atoms with van der Waals surface area (Å²) >= 11 is 0. The molecule has 3 aromatic carbocycles. The molecule has 3 aromatic rings. The van der Waals surface area contributed by atoms with Crippen LogP contribution < -0.4 is 14.8 Å². The molecule has 0 aromatic heterocycles. The first-order valence-corrected chi connectivity index (χ1v) is 11.0. The van der Waals surface area contributed by atoms with Crippen molar-refractivity contribution in [3.05, 3.63) is 89.0 Å². The Hall–Kier alpha value is -3.64. The van der Waals surface area contributed by atoms with Crippen molar-refractivity contribution in [1.82, 2.24) is 4.90 Å². The molecule has 1 amide bonds. The van der Waals surface area contributed by atoms with Crippen molar-refractivity contribution in [3.63, 3.8) is 0 Å². The molecule has 1 N–H and O–H groups in total. The Bertz CT molecular complexity index is 1160. The number of ketones is 1. The number of nitrogens with zero attached hydrogens (tertiary/aromatic N) is 1. The van der Waals surface area contributed by atoms with E-state index >= 15 is 0 Å². The molecule has 0 saturated heterocycles. The van der Waals surface area contributed by atoms with Crippen LogP contribution in [-0.4, -0.2) is 43.9 Å². The fraction of sp³-hybridized carbons (Fsp3) is 0.259. The summed E-state index contributed by atoms with van der Waals surface area (Å²) in [6, 6.07) is 21.2. The van der Waals surface area contributed by atoms with Crippen molar-refractivity contribution in [2.24, 2.45) is 0 Å². The van der Waals surface area contributed by atoms with Crippen LogP contribution in [0.25, 0.3) is 0 Å². The van der Waals surface area contributed by atoms with E-state index in [-0.39, 0.29) is 24.3 Å². The van der Waals surface area contributed by atoms with Gasteiger partial charge in [-0.25, -0.2) is 0 Å². The van der Waals surface area contributed by atoms with Crippen LogP contribution in [0.15, 0.2) is 66.7 Å². The highest BCUT2D eigenvalue weighted by molar-refractivity contribution is 6.04. The number of rotatable bonds is 7. The zero-order valence-electron chi connectivity index (χ0n) is 19.1. The Balaban J connectivity index is 1.66. The first kappa shape index (κ1) is 22.6. The average Bonchev–Trinajstić information content (AvgIpc) is 2.83. The second-order valence-corrected chi connectivity index (χ2v) is 8.09. The van der Waals surface area contributed by atoms with E-state index in [1.807, 2.05) is 36.4 Å². The van der Waals surface area contributed by atoms with Crippen molar-refractivity contribution in [2.75, 3.05) is 32.6 Å². The highest BCUT2D eigenvalue weighted by Gasteiger charge is 2.31. The number of para-hydroxylation sites is 1. The lowest BCUT2D eigenvalue weighted by atomic mass is 9.87. The number of hydrogen-bond donors (Lipinski definition) is 1. The predicted molar refractivity (Wildman–Crippen MR) is 128 cm³/mol. The van der Waals surface area contributed by atoms with Crippen LogP contribution in [-0.2, 0) is 11.2 Å². The van der Waals surface area contributed by atoms with E-state index in [1.54, 1.807) is 32.4 Å². The van der Waals surface area contributed by atoms with Crippen molar-refractivity contribution < 1.29 is 19.1 Å². The Kier molecular flexibility index (Phi) is 6.75. The molecule has 170 valence electrons. The summed E-state index contributed by atoms with van der Waals surface area (Å²) in [6.45, 7) is 2.41. The smallest absolute Gasteiger partial charge is 0.238 e. The highest BCUT2D eigenvalue weighted by Crippen LogP contribution is 2.40. The molecule has 0 aliphatic carbocycles. The van der Waals surface area contributed by atoms with Crippen LogP contribution >= 0.6 is 0 Å². The van der Waals surface area contributed by atoms with Gasteiger partial charge in [0.05, 0.1) is 32.5 Å². The molecule has 4 rings (SSSR count). The summed E-state index contributed by atoms with van der Waals surface area (Å²) in [5.41, 5.74) is 4.42. The Labute approximate surface area is 194 Å². The third-order valence-electron chi connectivity index (χ3n) is 6.02. The quantitative estimate of drug-likeness (QED) is 0.544. The van der Waals surface area contributed by atoms with Crippen LogP contribution in [0.1, 0.15) is 40.0 Å². The number of ether oxygens (including phenoxy) is 2. The van der Waals surface area contributed by atoms with E-state index in [9.17, 15) is 9.59 Å². The van der Waals surface area contributed by atoms with Crippen LogP contribution in [0.4, 0.5) is 5.69 Å². The van der Waals surface area contributed by atoms with Gasteiger partial charge in [0.2, 0.25) is 5.91 Å². The molecule has 6 heteroatoms. The average molecular weight is 445 g/mol. The summed E-state index contributed by atoms with van der Waals surface area (Å²) in [7, 11) is 3.26. The zero-order chi connectivity index (χ0) is 23.4. The molecule has 33 heavy (non-hydrogen) atoms. The number of carbonyl (C=O) groups excluding carboxylic acids is 2. The summed E-state index contributed by atoms with van der Waals surface area (Å²) in [6.07, 6.45) is 0.788. The van der Waals surface area contributed by atoms with E-state index in [0.717, 1.165) is 17.5 Å². The first-order valence-electron chi connectivity index (χ1n) is 11.0. The van der Waals surface area contributed by atoms with Crippen LogP contribution in [0.2, 0.25) is 0 Å². The largest absolute Gasteiger partial charge is 0.493 e. The number of anilines is 1. The molecule has 6 nitrogen and oxygen atoms in total.